The largest absolute Gasteiger partial charge is 0.459 e. The van der Waals surface area contributed by atoms with E-state index in [4.69, 9.17) is 4.42 Å². The predicted molar refractivity (Wildman–Crippen MR) is 60.5 cm³/mol. The Balaban J connectivity index is 2.06. The van der Waals surface area contributed by atoms with Crippen molar-refractivity contribution in [3.05, 3.63) is 36.3 Å². The second-order valence-corrected chi connectivity index (χ2v) is 3.72. The Morgan fingerprint density at radius 2 is 2.25 bits per heavy atom. The van der Waals surface area contributed by atoms with Crippen LogP contribution in [0.3, 0.4) is 0 Å². The molecule has 82 valence electrons. The zero-order valence-electron chi connectivity index (χ0n) is 8.51. The minimum absolute atomic E-state index is 0.246. The molecule has 1 amide bonds. The first kappa shape index (κ1) is 10.7. The molecule has 2 heterocycles. The van der Waals surface area contributed by atoms with Crippen LogP contribution in [0.15, 0.2) is 40.0 Å². The molecule has 0 saturated carbocycles. The minimum Gasteiger partial charge on any atom is -0.459 e. The third-order valence-corrected chi connectivity index (χ3v) is 2.47. The Kier molecular flexibility index (Phi) is 3.21. The average molecular weight is 235 g/mol. The smallest absolute Gasteiger partial charge is 0.292 e. The lowest BCUT2D eigenvalue weighted by Crippen LogP contribution is -2.12. The maximum atomic E-state index is 11.6. The van der Waals surface area contributed by atoms with Crippen molar-refractivity contribution in [3.63, 3.8) is 0 Å². The van der Waals surface area contributed by atoms with E-state index in [9.17, 15) is 4.79 Å². The van der Waals surface area contributed by atoms with Gasteiger partial charge in [-0.2, -0.15) is 0 Å². The standard InChI is InChI=1S/C10H9N3O2S/c1-16-9-5-4-8(12-13-9)11-10(14)7-3-2-6-15-7/h2-6H,1H3,(H,11,12,14). The fourth-order valence-electron chi connectivity index (χ4n) is 1.08. The molecule has 0 saturated heterocycles. The Morgan fingerprint density at radius 1 is 1.38 bits per heavy atom. The average Bonchev–Trinajstić information content (AvgIpc) is 2.83. The highest BCUT2D eigenvalue weighted by atomic mass is 32.2. The van der Waals surface area contributed by atoms with Gasteiger partial charge in [-0.1, -0.05) is 0 Å². The highest BCUT2D eigenvalue weighted by Crippen LogP contribution is 2.12. The molecule has 0 fully saturated rings. The van der Waals surface area contributed by atoms with Crippen molar-refractivity contribution in [2.75, 3.05) is 11.6 Å². The van der Waals surface area contributed by atoms with E-state index in [-0.39, 0.29) is 11.7 Å². The Labute approximate surface area is 96.3 Å². The molecule has 0 spiro atoms. The number of rotatable bonds is 3. The van der Waals surface area contributed by atoms with Crippen LogP contribution in [0.25, 0.3) is 0 Å². The number of hydrogen-bond donors (Lipinski definition) is 1. The molecule has 0 bridgehead atoms. The lowest BCUT2D eigenvalue weighted by atomic mass is 10.4. The van der Waals surface area contributed by atoms with Gasteiger partial charge in [0.05, 0.1) is 6.26 Å². The minimum atomic E-state index is -0.337. The molecule has 0 aliphatic heterocycles. The molecule has 0 aromatic carbocycles. The quantitative estimate of drug-likeness (QED) is 0.824. The molecule has 5 nitrogen and oxygen atoms in total. The number of aromatic nitrogens is 2. The van der Waals surface area contributed by atoms with Crippen molar-refractivity contribution >= 4 is 23.5 Å². The summed E-state index contributed by atoms with van der Waals surface area (Å²) in [7, 11) is 0. The normalized spacial score (nSPS) is 10.1. The van der Waals surface area contributed by atoms with Crippen LogP contribution in [-0.4, -0.2) is 22.4 Å². The van der Waals surface area contributed by atoms with E-state index in [0.29, 0.717) is 5.82 Å². The Hall–Kier alpha value is -1.82. The van der Waals surface area contributed by atoms with Crippen LogP contribution in [0, 0.1) is 0 Å². The zero-order chi connectivity index (χ0) is 11.4. The molecule has 2 rings (SSSR count). The molecule has 6 heteroatoms. The van der Waals surface area contributed by atoms with E-state index in [1.54, 1.807) is 24.3 Å². The van der Waals surface area contributed by atoms with Gasteiger partial charge in [0, 0.05) is 0 Å². The van der Waals surface area contributed by atoms with Gasteiger partial charge in [-0.15, -0.1) is 22.0 Å². The van der Waals surface area contributed by atoms with Crippen molar-refractivity contribution < 1.29 is 9.21 Å². The topological polar surface area (TPSA) is 68.0 Å². The summed E-state index contributed by atoms with van der Waals surface area (Å²) in [6, 6.07) is 6.71. The number of nitrogens with one attached hydrogen (secondary N) is 1. The van der Waals surface area contributed by atoms with Crippen molar-refractivity contribution in [2.24, 2.45) is 0 Å². The summed E-state index contributed by atoms with van der Waals surface area (Å²) >= 11 is 1.49. The molecule has 2 aromatic heterocycles. The molecule has 1 N–H and O–H groups in total. The number of nitrogens with zero attached hydrogens (tertiary/aromatic N) is 2. The summed E-state index contributed by atoms with van der Waals surface area (Å²) in [6.07, 6.45) is 3.35. The summed E-state index contributed by atoms with van der Waals surface area (Å²) in [4.78, 5) is 11.6. The number of amides is 1. The molecule has 0 radical (unpaired) electrons. The Bertz CT molecular complexity index is 467. The first-order valence-electron chi connectivity index (χ1n) is 4.52. The van der Waals surface area contributed by atoms with Crippen molar-refractivity contribution in [3.8, 4) is 0 Å². The first-order chi connectivity index (χ1) is 7.79. The van der Waals surface area contributed by atoms with E-state index in [1.807, 2.05) is 6.26 Å². The predicted octanol–water partition coefficient (Wildman–Crippen LogP) is 2.04. The van der Waals surface area contributed by atoms with Gasteiger partial charge in [0.1, 0.15) is 5.03 Å². The second-order valence-electron chi connectivity index (χ2n) is 2.89. The fraction of sp³-hybridized carbons (Fsp3) is 0.100. The SMILES string of the molecule is CSc1ccc(NC(=O)c2ccco2)nn1. The van der Waals surface area contributed by atoms with Gasteiger partial charge in [0.25, 0.3) is 5.91 Å². The lowest BCUT2D eigenvalue weighted by Gasteiger charge is -2.01. The van der Waals surface area contributed by atoms with E-state index < -0.39 is 0 Å². The van der Waals surface area contributed by atoms with Gasteiger partial charge in [0.2, 0.25) is 0 Å². The van der Waals surface area contributed by atoms with Crippen LogP contribution in [0.5, 0.6) is 0 Å². The van der Waals surface area contributed by atoms with Gasteiger partial charge in [-0.3, -0.25) is 4.79 Å². The third kappa shape index (κ3) is 2.40. The van der Waals surface area contributed by atoms with Gasteiger partial charge in [-0.05, 0) is 30.5 Å². The number of furan rings is 1. The number of hydrogen-bond acceptors (Lipinski definition) is 5. The van der Waals surface area contributed by atoms with Crippen LogP contribution >= 0.6 is 11.8 Å². The number of carbonyl (C=O) groups excluding carboxylic acids is 1. The number of anilines is 1. The van der Waals surface area contributed by atoms with Crippen LogP contribution in [-0.2, 0) is 0 Å². The lowest BCUT2D eigenvalue weighted by molar-refractivity contribution is 0.0996. The molecule has 2 aromatic rings. The molecule has 16 heavy (non-hydrogen) atoms. The van der Waals surface area contributed by atoms with Crippen LogP contribution in [0.1, 0.15) is 10.6 Å². The van der Waals surface area contributed by atoms with E-state index in [0.717, 1.165) is 5.03 Å². The Morgan fingerprint density at radius 3 is 2.81 bits per heavy atom. The van der Waals surface area contributed by atoms with Crippen LogP contribution in [0.4, 0.5) is 5.82 Å². The maximum absolute atomic E-state index is 11.6. The number of thioether (sulfide) groups is 1. The van der Waals surface area contributed by atoms with Gasteiger partial charge in [0.15, 0.2) is 11.6 Å². The zero-order valence-corrected chi connectivity index (χ0v) is 9.32. The summed E-state index contributed by atoms with van der Waals surface area (Å²) in [6.45, 7) is 0. The second kappa shape index (κ2) is 4.80. The fourth-order valence-corrected chi connectivity index (χ4v) is 1.41. The maximum Gasteiger partial charge on any atom is 0.292 e. The number of carbonyl (C=O) groups is 1. The molecular weight excluding hydrogens is 226 g/mol. The molecular formula is C10H9N3O2S. The summed E-state index contributed by atoms with van der Waals surface area (Å²) in [5.41, 5.74) is 0. The highest BCUT2D eigenvalue weighted by Gasteiger charge is 2.09. The summed E-state index contributed by atoms with van der Waals surface area (Å²) < 4.78 is 4.95. The van der Waals surface area contributed by atoms with E-state index in [1.165, 1.54) is 18.0 Å². The van der Waals surface area contributed by atoms with Crippen molar-refractivity contribution in [1.82, 2.24) is 10.2 Å². The van der Waals surface area contributed by atoms with Gasteiger partial charge >= 0.3 is 0 Å². The van der Waals surface area contributed by atoms with Crippen molar-refractivity contribution in [2.45, 2.75) is 5.03 Å². The highest BCUT2D eigenvalue weighted by molar-refractivity contribution is 7.98. The van der Waals surface area contributed by atoms with E-state index in [2.05, 4.69) is 15.5 Å². The third-order valence-electron chi connectivity index (χ3n) is 1.84. The molecule has 0 aliphatic rings. The first-order valence-corrected chi connectivity index (χ1v) is 5.74. The molecule has 0 atom stereocenters. The molecule has 0 aliphatic carbocycles. The van der Waals surface area contributed by atoms with Gasteiger partial charge < -0.3 is 9.73 Å². The van der Waals surface area contributed by atoms with Gasteiger partial charge in [-0.25, -0.2) is 0 Å². The van der Waals surface area contributed by atoms with Crippen LogP contribution < -0.4 is 5.32 Å². The molecule has 0 unspecified atom stereocenters. The summed E-state index contributed by atoms with van der Waals surface area (Å²) in [5.74, 6) is 0.311. The summed E-state index contributed by atoms with van der Waals surface area (Å²) in [5, 5.41) is 11.1. The van der Waals surface area contributed by atoms with Crippen molar-refractivity contribution in [1.29, 1.82) is 0 Å². The van der Waals surface area contributed by atoms with E-state index >= 15 is 0 Å². The monoisotopic (exact) mass is 235 g/mol. The van der Waals surface area contributed by atoms with Crippen LogP contribution in [0.2, 0.25) is 0 Å².